The fourth-order valence-corrected chi connectivity index (χ4v) is 3.34. The highest BCUT2D eigenvalue weighted by Gasteiger charge is 2.25. The summed E-state index contributed by atoms with van der Waals surface area (Å²) in [5.74, 6) is -1.62. The first-order valence-electron chi connectivity index (χ1n) is 8.80. The Labute approximate surface area is 146 Å². The molecule has 3 rings (SSSR count). The van der Waals surface area contributed by atoms with Gasteiger partial charge in [-0.1, -0.05) is 0 Å². The number of nitrogens with zero attached hydrogens (tertiary/aromatic N) is 1. The van der Waals surface area contributed by atoms with Crippen molar-refractivity contribution < 1.29 is 23.0 Å². The molecule has 5 nitrogen and oxygen atoms in total. The number of carbonyl (C=O) groups excluding carboxylic acids is 1. The fraction of sp³-hybridized carbons (Fsp3) is 0.611. The minimum Gasteiger partial charge on any atom is -0.377 e. The molecular formula is C18H24F2N2O3. The molecule has 1 aromatic rings. The molecule has 0 saturated carbocycles. The molecule has 0 bridgehead atoms. The van der Waals surface area contributed by atoms with E-state index in [2.05, 4.69) is 5.32 Å². The average Bonchev–Trinajstić information content (AvgIpc) is 3.25. The number of nitrogens with one attached hydrogen (secondary N) is 1. The summed E-state index contributed by atoms with van der Waals surface area (Å²) in [5, 5.41) is 2.45. The number of amides is 1. The van der Waals surface area contributed by atoms with E-state index in [1.54, 1.807) is 0 Å². The van der Waals surface area contributed by atoms with E-state index in [0.29, 0.717) is 13.1 Å². The lowest BCUT2D eigenvalue weighted by Crippen LogP contribution is -2.42. The molecule has 2 atom stereocenters. The molecule has 0 aliphatic carbocycles. The number of carbonyl (C=O) groups is 1. The molecule has 7 heteroatoms. The highest BCUT2D eigenvalue weighted by molar-refractivity contribution is 5.92. The highest BCUT2D eigenvalue weighted by Crippen LogP contribution is 2.18. The second kappa shape index (κ2) is 8.69. The van der Waals surface area contributed by atoms with Gasteiger partial charge in [0, 0.05) is 32.4 Å². The maximum Gasteiger partial charge on any atom is 0.238 e. The summed E-state index contributed by atoms with van der Waals surface area (Å²) in [6.07, 6.45) is 4.23. The third-order valence-corrected chi connectivity index (χ3v) is 4.54. The molecule has 1 amide bonds. The lowest BCUT2D eigenvalue weighted by molar-refractivity contribution is -0.118. The number of rotatable bonds is 7. The van der Waals surface area contributed by atoms with Gasteiger partial charge in [-0.15, -0.1) is 0 Å². The van der Waals surface area contributed by atoms with Crippen LogP contribution in [0.1, 0.15) is 25.7 Å². The van der Waals surface area contributed by atoms with Crippen molar-refractivity contribution in [3.8, 4) is 0 Å². The van der Waals surface area contributed by atoms with E-state index in [4.69, 9.17) is 9.47 Å². The molecule has 1 N–H and O–H groups in total. The van der Waals surface area contributed by atoms with E-state index in [1.165, 1.54) is 0 Å². The minimum atomic E-state index is -0.653. The molecule has 2 heterocycles. The first-order valence-corrected chi connectivity index (χ1v) is 8.80. The van der Waals surface area contributed by atoms with Crippen LogP contribution in [-0.2, 0) is 14.3 Å². The highest BCUT2D eigenvalue weighted by atomic mass is 19.1. The largest absolute Gasteiger partial charge is 0.377 e. The molecular weight excluding hydrogens is 330 g/mol. The number of halogens is 2. The Hall–Kier alpha value is -1.57. The zero-order valence-electron chi connectivity index (χ0n) is 14.2. The molecule has 0 unspecified atom stereocenters. The Morgan fingerprint density at radius 2 is 1.76 bits per heavy atom. The topological polar surface area (TPSA) is 50.8 Å². The second-order valence-electron chi connectivity index (χ2n) is 6.64. The summed E-state index contributed by atoms with van der Waals surface area (Å²) < 4.78 is 38.2. The number of anilines is 1. The molecule has 2 saturated heterocycles. The molecule has 2 aliphatic rings. The predicted molar refractivity (Wildman–Crippen MR) is 89.4 cm³/mol. The molecule has 1 aromatic carbocycles. The van der Waals surface area contributed by atoms with Crippen molar-refractivity contribution in [2.24, 2.45) is 0 Å². The maximum atomic E-state index is 13.7. The van der Waals surface area contributed by atoms with Crippen LogP contribution in [0, 0.1) is 11.6 Å². The van der Waals surface area contributed by atoms with Crippen LogP contribution in [0.4, 0.5) is 14.5 Å². The molecule has 0 spiro atoms. The lowest BCUT2D eigenvalue weighted by Gasteiger charge is -2.27. The first kappa shape index (κ1) is 18.2. The van der Waals surface area contributed by atoms with E-state index >= 15 is 0 Å². The number of hydrogen-bond donors (Lipinski definition) is 1. The normalized spacial score (nSPS) is 23.3. The third kappa shape index (κ3) is 5.45. The van der Waals surface area contributed by atoms with Crippen molar-refractivity contribution in [1.29, 1.82) is 0 Å². The van der Waals surface area contributed by atoms with Crippen LogP contribution in [0.3, 0.4) is 0 Å². The number of benzene rings is 1. The van der Waals surface area contributed by atoms with Crippen LogP contribution < -0.4 is 5.32 Å². The van der Waals surface area contributed by atoms with Gasteiger partial charge in [-0.05, 0) is 37.8 Å². The Balaban J connectivity index is 1.58. The Morgan fingerprint density at radius 1 is 1.12 bits per heavy atom. The zero-order valence-corrected chi connectivity index (χ0v) is 14.2. The van der Waals surface area contributed by atoms with Gasteiger partial charge in [-0.3, -0.25) is 9.69 Å². The van der Waals surface area contributed by atoms with Gasteiger partial charge in [0.15, 0.2) is 0 Å². The van der Waals surface area contributed by atoms with Crippen molar-refractivity contribution >= 4 is 11.6 Å². The third-order valence-electron chi connectivity index (χ3n) is 4.54. The molecule has 25 heavy (non-hydrogen) atoms. The summed E-state index contributed by atoms with van der Waals surface area (Å²) >= 11 is 0. The average molecular weight is 354 g/mol. The predicted octanol–water partition coefficient (Wildman–Crippen LogP) is 2.56. The minimum absolute atomic E-state index is 0.0929. The zero-order chi connectivity index (χ0) is 17.6. The van der Waals surface area contributed by atoms with Gasteiger partial charge in [0.05, 0.1) is 24.4 Å². The van der Waals surface area contributed by atoms with E-state index in [9.17, 15) is 13.6 Å². The first-order chi connectivity index (χ1) is 12.1. The molecule has 138 valence electrons. The van der Waals surface area contributed by atoms with Gasteiger partial charge in [0.1, 0.15) is 11.6 Å². The van der Waals surface area contributed by atoms with Crippen LogP contribution in [0.5, 0.6) is 0 Å². The van der Waals surface area contributed by atoms with Gasteiger partial charge < -0.3 is 14.8 Å². The quantitative estimate of drug-likeness (QED) is 0.818. The van der Waals surface area contributed by atoms with E-state index < -0.39 is 11.6 Å². The van der Waals surface area contributed by atoms with Gasteiger partial charge in [0.2, 0.25) is 5.91 Å². The van der Waals surface area contributed by atoms with E-state index in [-0.39, 0.29) is 30.3 Å². The smallest absolute Gasteiger partial charge is 0.238 e. The van der Waals surface area contributed by atoms with Crippen molar-refractivity contribution in [3.05, 3.63) is 29.8 Å². The summed E-state index contributed by atoms with van der Waals surface area (Å²) in [5.41, 5.74) is -0.140. The van der Waals surface area contributed by atoms with E-state index in [1.807, 2.05) is 4.90 Å². The molecule has 2 aliphatic heterocycles. The SMILES string of the molecule is O=C(CN(C[C@H]1CCCO1)C[C@@H]1CCCO1)Nc1cc(F)ccc1F. The standard InChI is InChI=1S/C18H24F2N2O3/c19-13-5-6-16(20)17(9-13)21-18(23)12-22(10-14-3-1-7-24-14)11-15-4-2-8-25-15/h5-6,9,14-15H,1-4,7-8,10-12H2,(H,21,23)/t14-,15+. The summed E-state index contributed by atoms with van der Waals surface area (Å²) in [6.45, 7) is 2.87. The molecule has 0 aromatic heterocycles. The molecule has 0 radical (unpaired) electrons. The Kier molecular flexibility index (Phi) is 6.34. The lowest BCUT2D eigenvalue weighted by atomic mass is 10.2. The van der Waals surface area contributed by atoms with Crippen LogP contribution >= 0.6 is 0 Å². The van der Waals surface area contributed by atoms with Crippen molar-refractivity contribution in [2.75, 3.05) is 38.2 Å². The maximum absolute atomic E-state index is 13.7. The van der Waals surface area contributed by atoms with Gasteiger partial charge in [-0.25, -0.2) is 8.78 Å². The van der Waals surface area contributed by atoms with Gasteiger partial charge in [-0.2, -0.15) is 0 Å². The summed E-state index contributed by atoms with van der Waals surface area (Å²) in [6, 6.07) is 3.01. The van der Waals surface area contributed by atoms with Crippen molar-refractivity contribution in [3.63, 3.8) is 0 Å². The summed E-state index contributed by atoms with van der Waals surface area (Å²) in [4.78, 5) is 14.3. The monoisotopic (exact) mass is 354 g/mol. The van der Waals surface area contributed by atoms with Crippen molar-refractivity contribution in [2.45, 2.75) is 37.9 Å². The second-order valence-corrected chi connectivity index (χ2v) is 6.64. The number of ether oxygens (including phenoxy) is 2. The van der Waals surface area contributed by atoms with Crippen LogP contribution in [0.25, 0.3) is 0 Å². The molecule has 2 fully saturated rings. The van der Waals surface area contributed by atoms with Gasteiger partial charge in [0.25, 0.3) is 0 Å². The Morgan fingerprint density at radius 3 is 2.32 bits per heavy atom. The number of hydrogen-bond acceptors (Lipinski definition) is 4. The van der Waals surface area contributed by atoms with Gasteiger partial charge >= 0.3 is 0 Å². The van der Waals surface area contributed by atoms with Crippen molar-refractivity contribution in [1.82, 2.24) is 4.90 Å². The Bertz CT molecular complexity index is 570. The van der Waals surface area contributed by atoms with E-state index in [0.717, 1.165) is 57.1 Å². The van der Waals surface area contributed by atoms with Crippen LogP contribution in [0.2, 0.25) is 0 Å². The van der Waals surface area contributed by atoms with Crippen LogP contribution in [-0.4, -0.2) is 55.9 Å². The van der Waals surface area contributed by atoms with Crippen LogP contribution in [0.15, 0.2) is 18.2 Å². The fourth-order valence-electron chi connectivity index (χ4n) is 3.34. The summed E-state index contributed by atoms with van der Waals surface area (Å²) in [7, 11) is 0.